The molecule has 0 aromatic heterocycles. The van der Waals surface area contributed by atoms with Gasteiger partial charge in [-0.05, 0) is 43.0 Å². The molecule has 0 amide bonds. The van der Waals surface area contributed by atoms with Gasteiger partial charge in [0, 0.05) is 30.9 Å². The van der Waals surface area contributed by atoms with Crippen molar-refractivity contribution in [3.63, 3.8) is 0 Å². The van der Waals surface area contributed by atoms with E-state index >= 15 is 0 Å². The van der Waals surface area contributed by atoms with Crippen LogP contribution >= 0.6 is 0 Å². The molecular formula is C19H24N2O. The molecule has 3 nitrogen and oxygen atoms in total. The second kappa shape index (κ2) is 6.84. The highest BCUT2D eigenvalue weighted by atomic mass is 16.5. The molecule has 116 valence electrons. The molecule has 0 spiro atoms. The molecule has 3 heteroatoms. The lowest BCUT2D eigenvalue weighted by Crippen LogP contribution is -2.28. The summed E-state index contributed by atoms with van der Waals surface area (Å²) < 4.78 is 5.73. The Labute approximate surface area is 132 Å². The molecule has 2 N–H and O–H groups in total. The summed E-state index contributed by atoms with van der Waals surface area (Å²) in [6.45, 7) is 5.22. The van der Waals surface area contributed by atoms with Gasteiger partial charge in [0.25, 0.3) is 0 Å². The summed E-state index contributed by atoms with van der Waals surface area (Å²) >= 11 is 0. The Morgan fingerprint density at radius 2 is 2.05 bits per heavy atom. The first-order valence-corrected chi connectivity index (χ1v) is 8.09. The summed E-state index contributed by atoms with van der Waals surface area (Å²) in [4.78, 5) is 2.46. The number of benzene rings is 2. The van der Waals surface area contributed by atoms with Gasteiger partial charge in [0.05, 0.1) is 6.61 Å². The van der Waals surface area contributed by atoms with E-state index in [1.54, 1.807) is 0 Å². The van der Waals surface area contributed by atoms with Crippen LogP contribution in [0.3, 0.4) is 0 Å². The molecule has 1 heterocycles. The number of rotatable bonds is 5. The number of hydrogen-bond acceptors (Lipinski definition) is 3. The van der Waals surface area contributed by atoms with Crippen LogP contribution in [-0.4, -0.2) is 13.2 Å². The molecule has 0 unspecified atom stereocenters. The van der Waals surface area contributed by atoms with E-state index in [2.05, 4.69) is 47.4 Å². The molecule has 1 aliphatic heterocycles. The second-order valence-corrected chi connectivity index (χ2v) is 5.73. The van der Waals surface area contributed by atoms with E-state index in [9.17, 15) is 0 Å². The highest BCUT2D eigenvalue weighted by Crippen LogP contribution is 2.29. The van der Waals surface area contributed by atoms with E-state index in [0.29, 0.717) is 13.2 Å². The fraction of sp³-hybridized carbons (Fsp3) is 0.368. The van der Waals surface area contributed by atoms with E-state index in [4.69, 9.17) is 10.5 Å². The van der Waals surface area contributed by atoms with Gasteiger partial charge in [-0.1, -0.05) is 30.3 Å². The maximum atomic E-state index is 5.79. The van der Waals surface area contributed by atoms with Crippen molar-refractivity contribution in [2.75, 3.05) is 18.1 Å². The minimum absolute atomic E-state index is 0.516. The second-order valence-electron chi connectivity index (χ2n) is 5.73. The van der Waals surface area contributed by atoms with Crippen molar-refractivity contribution in [1.29, 1.82) is 0 Å². The third kappa shape index (κ3) is 3.09. The smallest absolute Gasteiger partial charge is 0.124 e. The Balaban J connectivity index is 1.83. The molecule has 3 rings (SSSR count). The average Bonchev–Trinajstić information content (AvgIpc) is 2.56. The normalized spacial score (nSPS) is 13.8. The van der Waals surface area contributed by atoms with Gasteiger partial charge in [-0.25, -0.2) is 0 Å². The SMILES string of the molecule is CCOc1cc(CN2CCCc3ccccc32)ccc1CN. The molecule has 0 atom stereocenters. The highest BCUT2D eigenvalue weighted by Gasteiger charge is 2.16. The first kappa shape index (κ1) is 14.9. The fourth-order valence-electron chi connectivity index (χ4n) is 3.15. The number of para-hydroxylation sites is 1. The molecule has 0 saturated carbocycles. The Morgan fingerprint density at radius 1 is 1.18 bits per heavy atom. The molecule has 0 radical (unpaired) electrons. The maximum absolute atomic E-state index is 5.79. The minimum atomic E-state index is 0.516. The van der Waals surface area contributed by atoms with Crippen LogP contribution in [0.5, 0.6) is 5.75 Å². The summed E-state index contributed by atoms with van der Waals surface area (Å²) in [5, 5.41) is 0. The Hall–Kier alpha value is -2.00. The van der Waals surface area contributed by atoms with Crippen LogP contribution in [0.4, 0.5) is 5.69 Å². The monoisotopic (exact) mass is 296 g/mol. The van der Waals surface area contributed by atoms with E-state index in [-0.39, 0.29) is 0 Å². The summed E-state index contributed by atoms with van der Waals surface area (Å²) in [7, 11) is 0. The summed E-state index contributed by atoms with van der Waals surface area (Å²) in [6, 6.07) is 15.1. The number of nitrogens with zero attached hydrogens (tertiary/aromatic N) is 1. The molecule has 1 aliphatic rings. The quantitative estimate of drug-likeness (QED) is 0.918. The van der Waals surface area contributed by atoms with Crippen LogP contribution < -0.4 is 15.4 Å². The predicted octanol–water partition coefficient (Wildman–Crippen LogP) is 3.50. The minimum Gasteiger partial charge on any atom is -0.494 e. The number of fused-ring (bicyclic) bond motifs is 1. The molecule has 0 fully saturated rings. The predicted molar refractivity (Wildman–Crippen MR) is 91.3 cm³/mol. The van der Waals surface area contributed by atoms with E-state index in [1.807, 2.05) is 6.92 Å². The fourth-order valence-corrected chi connectivity index (χ4v) is 3.15. The van der Waals surface area contributed by atoms with Crippen molar-refractivity contribution >= 4 is 5.69 Å². The van der Waals surface area contributed by atoms with E-state index in [1.165, 1.54) is 29.7 Å². The number of hydrogen-bond donors (Lipinski definition) is 1. The molecule has 22 heavy (non-hydrogen) atoms. The van der Waals surface area contributed by atoms with Gasteiger partial charge >= 0.3 is 0 Å². The zero-order valence-electron chi connectivity index (χ0n) is 13.2. The molecule has 0 saturated heterocycles. The number of anilines is 1. The van der Waals surface area contributed by atoms with Crippen molar-refractivity contribution in [2.24, 2.45) is 5.73 Å². The van der Waals surface area contributed by atoms with Gasteiger partial charge < -0.3 is 15.4 Å². The molecular weight excluding hydrogens is 272 g/mol. The van der Waals surface area contributed by atoms with E-state index < -0.39 is 0 Å². The number of aryl methyl sites for hydroxylation is 1. The third-order valence-electron chi connectivity index (χ3n) is 4.23. The van der Waals surface area contributed by atoms with Crippen LogP contribution in [0, 0.1) is 0 Å². The highest BCUT2D eigenvalue weighted by molar-refractivity contribution is 5.56. The van der Waals surface area contributed by atoms with Crippen molar-refractivity contribution in [2.45, 2.75) is 32.9 Å². The summed E-state index contributed by atoms with van der Waals surface area (Å²) in [6.07, 6.45) is 2.40. The molecule has 2 aromatic rings. The Bertz CT molecular complexity index is 639. The topological polar surface area (TPSA) is 38.5 Å². The summed E-state index contributed by atoms with van der Waals surface area (Å²) in [5.41, 5.74) is 11.0. The van der Waals surface area contributed by atoms with Crippen LogP contribution in [-0.2, 0) is 19.5 Å². The van der Waals surface area contributed by atoms with Gasteiger partial charge in [0.1, 0.15) is 5.75 Å². The lowest BCUT2D eigenvalue weighted by molar-refractivity contribution is 0.336. The largest absolute Gasteiger partial charge is 0.494 e. The van der Waals surface area contributed by atoms with Crippen molar-refractivity contribution < 1.29 is 4.74 Å². The zero-order chi connectivity index (χ0) is 15.4. The number of nitrogens with two attached hydrogens (primary N) is 1. The van der Waals surface area contributed by atoms with Crippen LogP contribution in [0.2, 0.25) is 0 Å². The van der Waals surface area contributed by atoms with Crippen molar-refractivity contribution in [3.8, 4) is 5.75 Å². The average molecular weight is 296 g/mol. The maximum Gasteiger partial charge on any atom is 0.124 e. The molecule has 0 aliphatic carbocycles. The lowest BCUT2D eigenvalue weighted by atomic mass is 10.0. The van der Waals surface area contributed by atoms with Gasteiger partial charge in [-0.2, -0.15) is 0 Å². The van der Waals surface area contributed by atoms with Gasteiger partial charge in [-0.3, -0.25) is 0 Å². The standard InChI is InChI=1S/C19H24N2O/c1-2-22-19-12-15(9-10-17(19)13-20)14-21-11-5-7-16-6-3-4-8-18(16)21/h3-4,6,8-10,12H,2,5,7,11,13-14,20H2,1H3. The zero-order valence-corrected chi connectivity index (χ0v) is 13.2. The van der Waals surface area contributed by atoms with Gasteiger partial charge in [-0.15, -0.1) is 0 Å². The molecule has 2 aromatic carbocycles. The summed E-state index contributed by atoms with van der Waals surface area (Å²) in [5.74, 6) is 0.924. The Morgan fingerprint density at radius 3 is 2.86 bits per heavy atom. The first-order chi connectivity index (χ1) is 10.8. The van der Waals surface area contributed by atoms with Crippen molar-refractivity contribution in [1.82, 2.24) is 0 Å². The third-order valence-corrected chi connectivity index (χ3v) is 4.23. The van der Waals surface area contributed by atoms with Crippen molar-refractivity contribution in [3.05, 3.63) is 59.2 Å². The van der Waals surface area contributed by atoms with E-state index in [0.717, 1.165) is 24.4 Å². The van der Waals surface area contributed by atoms with Gasteiger partial charge in [0.15, 0.2) is 0 Å². The van der Waals surface area contributed by atoms with Crippen LogP contribution in [0.15, 0.2) is 42.5 Å². The van der Waals surface area contributed by atoms with Gasteiger partial charge in [0.2, 0.25) is 0 Å². The molecule has 0 bridgehead atoms. The first-order valence-electron chi connectivity index (χ1n) is 8.09. The lowest BCUT2D eigenvalue weighted by Gasteiger charge is -2.31. The Kier molecular flexibility index (Phi) is 4.64. The number of ether oxygens (including phenoxy) is 1. The van der Waals surface area contributed by atoms with Crippen LogP contribution in [0.25, 0.3) is 0 Å². The van der Waals surface area contributed by atoms with Crippen LogP contribution in [0.1, 0.15) is 30.0 Å².